The van der Waals surface area contributed by atoms with Crippen LogP contribution in [-0.2, 0) is 4.79 Å². The number of amides is 2. The minimum absolute atomic E-state index is 0.264. The summed E-state index contributed by atoms with van der Waals surface area (Å²) in [7, 11) is 0. The summed E-state index contributed by atoms with van der Waals surface area (Å²) in [5.41, 5.74) is 5.22. The molecular formula is C25H24N3O3+. The number of carbonyl (C=O) groups excluding carboxylic acids is 2. The molecule has 1 heterocycles. The normalized spacial score (nSPS) is 19.1. The van der Waals surface area contributed by atoms with Crippen molar-refractivity contribution in [3.8, 4) is 5.75 Å². The molecule has 6 heteroatoms. The van der Waals surface area contributed by atoms with Crippen LogP contribution in [-0.4, -0.2) is 35.4 Å². The van der Waals surface area contributed by atoms with Crippen LogP contribution in [0, 0.1) is 0 Å². The molecule has 3 aromatic carbocycles. The summed E-state index contributed by atoms with van der Waals surface area (Å²) >= 11 is 0. The first-order valence-corrected chi connectivity index (χ1v) is 10.2. The average Bonchev–Trinajstić information content (AvgIpc) is 3.11. The van der Waals surface area contributed by atoms with E-state index in [1.54, 1.807) is 28.9 Å². The minimum Gasteiger partial charge on any atom is -0.494 e. The van der Waals surface area contributed by atoms with E-state index >= 15 is 0 Å². The molecule has 6 nitrogen and oxygen atoms in total. The van der Waals surface area contributed by atoms with Gasteiger partial charge in [0.25, 0.3) is 5.91 Å². The van der Waals surface area contributed by atoms with Gasteiger partial charge in [-0.3, -0.25) is 9.59 Å². The second-order valence-corrected chi connectivity index (χ2v) is 7.19. The lowest BCUT2D eigenvalue weighted by Crippen LogP contribution is -2.42. The highest BCUT2D eigenvalue weighted by molar-refractivity contribution is 5.98. The second-order valence-electron chi connectivity index (χ2n) is 7.19. The van der Waals surface area contributed by atoms with Crippen LogP contribution in [0.3, 0.4) is 0 Å². The molecule has 0 aliphatic carbocycles. The van der Waals surface area contributed by atoms with Crippen molar-refractivity contribution in [1.82, 2.24) is 10.7 Å². The summed E-state index contributed by atoms with van der Waals surface area (Å²) in [4.78, 5) is 25.6. The first-order chi connectivity index (χ1) is 15.2. The van der Waals surface area contributed by atoms with Crippen molar-refractivity contribution in [2.24, 2.45) is 0 Å². The van der Waals surface area contributed by atoms with Crippen molar-refractivity contribution < 1.29 is 19.0 Å². The van der Waals surface area contributed by atoms with Gasteiger partial charge in [-0.1, -0.05) is 48.5 Å². The van der Waals surface area contributed by atoms with E-state index in [4.69, 9.17) is 4.74 Å². The summed E-state index contributed by atoms with van der Waals surface area (Å²) in [5, 5.41) is 2.90. The van der Waals surface area contributed by atoms with Gasteiger partial charge in [0, 0.05) is 16.7 Å². The van der Waals surface area contributed by atoms with Crippen LogP contribution in [0.25, 0.3) is 0 Å². The number of nitrogens with one attached hydrogen (secondary N) is 2. The number of hydrogen-bond acceptors (Lipinski definition) is 3. The number of benzene rings is 3. The predicted octanol–water partition coefficient (Wildman–Crippen LogP) is 3.10. The molecule has 0 radical (unpaired) electrons. The fourth-order valence-corrected chi connectivity index (χ4v) is 3.62. The van der Waals surface area contributed by atoms with Crippen LogP contribution in [0.5, 0.6) is 5.75 Å². The van der Waals surface area contributed by atoms with Crippen molar-refractivity contribution in [1.29, 1.82) is 0 Å². The molecule has 2 atom stereocenters. The summed E-state index contributed by atoms with van der Waals surface area (Å²) in [6.07, 6.45) is 1.86. The summed E-state index contributed by atoms with van der Waals surface area (Å²) < 4.78 is 7.25. The van der Waals surface area contributed by atoms with Crippen molar-refractivity contribution >= 4 is 18.0 Å². The fourth-order valence-electron chi connectivity index (χ4n) is 3.62. The molecule has 0 unspecified atom stereocenters. The summed E-state index contributed by atoms with van der Waals surface area (Å²) in [6.45, 7) is 2.54. The van der Waals surface area contributed by atoms with Gasteiger partial charge in [-0.05, 0) is 43.3 Å². The van der Waals surface area contributed by atoms with Crippen LogP contribution in [0.2, 0.25) is 0 Å². The average molecular weight is 414 g/mol. The monoisotopic (exact) mass is 414 g/mol. The summed E-state index contributed by atoms with van der Waals surface area (Å²) in [5.74, 6) is 0.239. The van der Waals surface area contributed by atoms with Gasteiger partial charge in [0.2, 0.25) is 12.3 Å². The molecule has 2 N–H and O–H groups in total. The Morgan fingerprint density at radius 2 is 1.65 bits per heavy atom. The van der Waals surface area contributed by atoms with Gasteiger partial charge in [0.15, 0.2) is 6.04 Å². The van der Waals surface area contributed by atoms with E-state index in [-0.39, 0.29) is 11.8 Å². The quantitative estimate of drug-likeness (QED) is 0.609. The third-order valence-electron chi connectivity index (χ3n) is 5.08. The summed E-state index contributed by atoms with van der Waals surface area (Å²) in [6, 6.07) is 25.0. The number of hydrazine groups is 1. The zero-order chi connectivity index (χ0) is 21.6. The topological polar surface area (TPSA) is 70.4 Å². The highest BCUT2D eigenvalue weighted by atomic mass is 16.5. The second kappa shape index (κ2) is 9.26. The molecule has 0 spiro atoms. The number of hydrazone groups is 1. The molecule has 1 aliphatic rings. The first-order valence-electron chi connectivity index (χ1n) is 10.2. The van der Waals surface area contributed by atoms with Crippen molar-refractivity contribution in [3.63, 3.8) is 0 Å². The zero-order valence-electron chi connectivity index (χ0n) is 17.2. The Balaban J connectivity index is 1.65. The van der Waals surface area contributed by atoms with E-state index in [0.29, 0.717) is 12.2 Å². The standard InChI is InChI=1S/C25H23N3O3/c1-2-31-21-15-13-18(14-16-21)17-28-23(19-9-5-3-6-10-19)22(25(30)27-28)26-24(29)20-11-7-4-8-12-20/h3-17,22-23H,2H2,1H3,(H-,26,27,29,30)/p+1/b28-17-/t22-,23-/m1/s1. The van der Waals surface area contributed by atoms with Crippen LogP contribution in [0.4, 0.5) is 0 Å². The molecule has 31 heavy (non-hydrogen) atoms. The smallest absolute Gasteiger partial charge is 0.304 e. The molecule has 1 aliphatic heterocycles. The third-order valence-corrected chi connectivity index (χ3v) is 5.08. The van der Waals surface area contributed by atoms with Gasteiger partial charge in [-0.2, -0.15) is 0 Å². The van der Waals surface area contributed by atoms with E-state index in [1.807, 2.05) is 73.8 Å². The van der Waals surface area contributed by atoms with Crippen LogP contribution >= 0.6 is 0 Å². The number of ether oxygens (including phenoxy) is 1. The molecule has 2 amide bonds. The van der Waals surface area contributed by atoms with Crippen LogP contribution < -0.4 is 15.5 Å². The van der Waals surface area contributed by atoms with E-state index in [2.05, 4.69) is 10.7 Å². The number of rotatable bonds is 6. The van der Waals surface area contributed by atoms with Crippen LogP contribution in [0.15, 0.2) is 84.9 Å². The minimum atomic E-state index is -0.742. The fraction of sp³-hybridized carbons (Fsp3) is 0.160. The number of carbonyl (C=O) groups is 2. The third kappa shape index (κ3) is 4.64. The molecule has 0 saturated carbocycles. The lowest BCUT2D eigenvalue weighted by Gasteiger charge is -2.14. The molecule has 1 fully saturated rings. The van der Waals surface area contributed by atoms with Crippen molar-refractivity contribution in [3.05, 3.63) is 102 Å². The maximum atomic E-state index is 12.9. The molecule has 4 rings (SSSR count). The Labute approximate surface area is 181 Å². The highest BCUT2D eigenvalue weighted by Gasteiger charge is 2.47. The molecule has 0 aromatic heterocycles. The first kappa shape index (κ1) is 20.3. The van der Waals surface area contributed by atoms with Crippen molar-refractivity contribution in [2.45, 2.75) is 19.0 Å². The lowest BCUT2D eigenvalue weighted by atomic mass is 10.00. The van der Waals surface area contributed by atoms with Gasteiger partial charge in [-0.15, -0.1) is 10.1 Å². The van der Waals surface area contributed by atoms with Gasteiger partial charge in [0.05, 0.1) is 6.61 Å². The van der Waals surface area contributed by atoms with Gasteiger partial charge >= 0.3 is 5.91 Å². The molecule has 156 valence electrons. The van der Waals surface area contributed by atoms with E-state index < -0.39 is 12.1 Å². The van der Waals surface area contributed by atoms with Crippen LogP contribution in [0.1, 0.15) is 34.5 Å². The Hall–Kier alpha value is -3.93. The Morgan fingerprint density at radius 1 is 1.00 bits per heavy atom. The molecule has 0 bridgehead atoms. The highest BCUT2D eigenvalue weighted by Crippen LogP contribution is 2.25. The van der Waals surface area contributed by atoms with E-state index in [0.717, 1.165) is 16.9 Å². The Kier molecular flexibility index (Phi) is 6.08. The van der Waals surface area contributed by atoms with E-state index in [9.17, 15) is 9.59 Å². The van der Waals surface area contributed by atoms with Gasteiger partial charge in [-0.25, -0.2) is 0 Å². The largest absolute Gasteiger partial charge is 0.494 e. The number of hydrogen-bond donors (Lipinski definition) is 2. The lowest BCUT2D eigenvalue weighted by molar-refractivity contribution is -0.596. The molecule has 3 aromatic rings. The SMILES string of the molecule is CCOc1ccc(/C=[N+]2\NC(=O)[C@H](NC(=O)c3ccccc3)[C@H]2c2ccccc2)cc1. The molecular weight excluding hydrogens is 390 g/mol. The number of nitrogens with zero attached hydrogens (tertiary/aromatic N) is 1. The van der Waals surface area contributed by atoms with Gasteiger partial charge in [0.1, 0.15) is 5.75 Å². The molecule has 1 saturated heterocycles. The van der Waals surface area contributed by atoms with Crippen molar-refractivity contribution in [2.75, 3.05) is 6.61 Å². The Morgan fingerprint density at radius 3 is 2.29 bits per heavy atom. The maximum Gasteiger partial charge on any atom is 0.304 e. The van der Waals surface area contributed by atoms with Gasteiger partial charge < -0.3 is 10.1 Å². The Bertz CT molecular complexity index is 1080. The zero-order valence-corrected chi connectivity index (χ0v) is 17.2. The van der Waals surface area contributed by atoms with E-state index in [1.165, 1.54) is 0 Å². The maximum absolute atomic E-state index is 12.9. The predicted molar refractivity (Wildman–Crippen MR) is 118 cm³/mol.